The summed E-state index contributed by atoms with van der Waals surface area (Å²) in [5.74, 6) is 2.39. The predicted molar refractivity (Wildman–Crippen MR) is 95.5 cm³/mol. The minimum Gasteiger partial charge on any atom is -0.322 e. The van der Waals surface area contributed by atoms with Crippen molar-refractivity contribution in [2.24, 2.45) is 5.73 Å². The normalized spacial score (nSPS) is 24.5. The van der Waals surface area contributed by atoms with Crippen LogP contribution in [0.5, 0.6) is 0 Å². The summed E-state index contributed by atoms with van der Waals surface area (Å²) in [5.41, 5.74) is 7.59. The van der Waals surface area contributed by atoms with Gasteiger partial charge in [-0.25, -0.2) is 0 Å². The van der Waals surface area contributed by atoms with Gasteiger partial charge in [0.05, 0.1) is 29.5 Å². The average molecular weight is 349 g/mol. The molecular formula is C14H25ClN4S2. The summed E-state index contributed by atoms with van der Waals surface area (Å²) in [6.07, 6.45) is 2.88. The Balaban J connectivity index is 2.17. The highest BCUT2D eigenvalue weighted by Gasteiger charge is 2.33. The summed E-state index contributed by atoms with van der Waals surface area (Å²) >= 11 is 10.4. The van der Waals surface area contributed by atoms with E-state index in [0.717, 1.165) is 25.2 Å². The third kappa shape index (κ3) is 4.32. The fourth-order valence-electron chi connectivity index (χ4n) is 2.60. The Hall–Kier alpha value is 0.120. The molecule has 21 heavy (non-hydrogen) atoms. The largest absolute Gasteiger partial charge is 0.322 e. The molecule has 1 aromatic rings. The summed E-state index contributed by atoms with van der Waals surface area (Å²) < 4.78 is 1.99. The first kappa shape index (κ1) is 17.5. The molecule has 1 aliphatic heterocycles. The van der Waals surface area contributed by atoms with Crippen molar-refractivity contribution in [1.82, 2.24) is 14.7 Å². The van der Waals surface area contributed by atoms with Crippen molar-refractivity contribution in [3.63, 3.8) is 0 Å². The van der Waals surface area contributed by atoms with E-state index < -0.39 is 0 Å². The molecule has 1 saturated heterocycles. The van der Waals surface area contributed by atoms with E-state index in [1.54, 1.807) is 6.20 Å². The monoisotopic (exact) mass is 348 g/mol. The quantitative estimate of drug-likeness (QED) is 0.856. The second kappa shape index (κ2) is 8.11. The summed E-state index contributed by atoms with van der Waals surface area (Å²) in [4.78, 5) is 2.14. The van der Waals surface area contributed by atoms with Crippen LogP contribution in [0.25, 0.3) is 0 Å². The maximum absolute atomic E-state index is 6.60. The summed E-state index contributed by atoms with van der Waals surface area (Å²) in [6.45, 7) is 4.00. The molecule has 0 amide bonds. The zero-order valence-electron chi connectivity index (χ0n) is 13.0. The molecule has 2 heterocycles. The van der Waals surface area contributed by atoms with Crippen LogP contribution in [0.2, 0.25) is 5.02 Å². The number of rotatable bonds is 6. The van der Waals surface area contributed by atoms with Gasteiger partial charge in [-0.1, -0.05) is 18.5 Å². The molecule has 3 atom stereocenters. The second-order valence-corrected chi connectivity index (χ2v) is 8.62. The van der Waals surface area contributed by atoms with Crippen LogP contribution < -0.4 is 5.73 Å². The molecule has 0 bridgehead atoms. The molecule has 2 N–H and O–H groups in total. The van der Waals surface area contributed by atoms with E-state index in [1.807, 2.05) is 28.2 Å². The number of aromatic nitrogens is 2. The third-order valence-corrected chi connectivity index (χ3v) is 7.42. The first-order chi connectivity index (χ1) is 10.0. The minimum absolute atomic E-state index is 0.0510. The van der Waals surface area contributed by atoms with Gasteiger partial charge in [0.1, 0.15) is 0 Å². The Bertz CT molecular complexity index is 452. The van der Waals surface area contributed by atoms with E-state index in [9.17, 15) is 0 Å². The smallest absolute Gasteiger partial charge is 0.0834 e. The van der Waals surface area contributed by atoms with Gasteiger partial charge in [-0.3, -0.25) is 4.68 Å². The molecule has 4 nitrogen and oxygen atoms in total. The predicted octanol–water partition coefficient (Wildman–Crippen LogP) is 2.73. The molecule has 1 aliphatic rings. The fourth-order valence-corrected chi connectivity index (χ4v) is 6.02. The molecule has 1 aromatic heterocycles. The first-order valence-corrected chi connectivity index (χ1v) is 9.86. The number of hydrogen-bond donors (Lipinski definition) is 1. The van der Waals surface area contributed by atoms with E-state index in [4.69, 9.17) is 17.3 Å². The lowest BCUT2D eigenvalue weighted by atomic mass is 10.1. The van der Waals surface area contributed by atoms with E-state index in [2.05, 4.69) is 31.0 Å². The SMILES string of the molecule is CCC1SCCSC1C(N)c1c(Cl)cnn1CCN(C)C. The molecule has 0 saturated carbocycles. The highest BCUT2D eigenvalue weighted by atomic mass is 35.5. The van der Waals surface area contributed by atoms with Crippen LogP contribution in [0.3, 0.4) is 0 Å². The van der Waals surface area contributed by atoms with E-state index in [1.165, 1.54) is 11.5 Å². The minimum atomic E-state index is -0.0510. The Morgan fingerprint density at radius 2 is 2.19 bits per heavy atom. The van der Waals surface area contributed by atoms with Crippen molar-refractivity contribution in [2.45, 2.75) is 36.4 Å². The van der Waals surface area contributed by atoms with Gasteiger partial charge < -0.3 is 10.6 Å². The first-order valence-electron chi connectivity index (χ1n) is 7.39. The van der Waals surface area contributed by atoms with Crippen LogP contribution in [0, 0.1) is 0 Å². The van der Waals surface area contributed by atoms with Crippen molar-refractivity contribution in [3.05, 3.63) is 16.9 Å². The van der Waals surface area contributed by atoms with Crippen LogP contribution in [-0.2, 0) is 6.54 Å². The average Bonchev–Trinajstić information content (AvgIpc) is 2.85. The number of nitrogens with zero attached hydrogens (tertiary/aromatic N) is 3. The summed E-state index contributed by atoms with van der Waals surface area (Å²) in [7, 11) is 4.12. The summed E-state index contributed by atoms with van der Waals surface area (Å²) in [6, 6.07) is -0.0510. The highest BCUT2D eigenvalue weighted by Crippen LogP contribution is 2.40. The highest BCUT2D eigenvalue weighted by molar-refractivity contribution is 8.07. The van der Waals surface area contributed by atoms with Crippen LogP contribution >= 0.6 is 35.1 Å². The number of likely N-dealkylation sites (N-methyl/N-ethyl adjacent to an activating group) is 1. The van der Waals surface area contributed by atoms with Gasteiger partial charge in [-0.05, 0) is 20.5 Å². The molecule has 7 heteroatoms. The van der Waals surface area contributed by atoms with E-state index in [-0.39, 0.29) is 6.04 Å². The van der Waals surface area contributed by atoms with Crippen molar-refractivity contribution in [1.29, 1.82) is 0 Å². The molecule has 120 valence electrons. The number of halogens is 1. The lowest BCUT2D eigenvalue weighted by Crippen LogP contribution is -2.37. The number of thioether (sulfide) groups is 2. The fraction of sp³-hybridized carbons (Fsp3) is 0.786. The van der Waals surface area contributed by atoms with Gasteiger partial charge in [0.15, 0.2) is 0 Å². The molecule has 0 aromatic carbocycles. The van der Waals surface area contributed by atoms with Gasteiger partial charge in [0.25, 0.3) is 0 Å². The molecular weight excluding hydrogens is 324 g/mol. The lowest BCUT2D eigenvalue weighted by Gasteiger charge is -2.34. The van der Waals surface area contributed by atoms with Crippen molar-refractivity contribution >= 4 is 35.1 Å². The number of hydrogen-bond acceptors (Lipinski definition) is 5. The topological polar surface area (TPSA) is 47.1 Å². The van der Waals surface area contributed by atoms with E-state index >= 15 is 0 Å². The zero-order chi connectivity index (χ0) is 15.4. The molecule has 1 fully saturated rings. The van der Waals surface area contributed by atoms with Crippen molar-refractivity contribution in [2.75, 3.05) is 32.1 Å². The van der Waals surface area contributed by atoms with Crippen molar-refractivity contribution in [3.8, 4) is 0 Å². The van der Waals surface area contributed by atoms with Gasteiger partial charge in [-0.15, -0.1) is 0 Å². The molecule has 0 spiro atoms. The number of nitrogens with two attached hydrogens (primary N) is 1. The van der Waals surface area contributed by atoms with Gasteiger partial charge in [-0.2, -0.15) is 28.6 Å². The van der Waals surface area contributed by atoms with Gasteiger partial charge in [0, 0.05) is 28.6 Å². The van der Waals surface area contributed by atoms with Crippen LogP contribution in [0.15, 0.2) is 6.20 Å². The Labute approximate surface area is 141 Å². The van der Waals surface area contributed by atoms with Crippen LogP contribution in [0.1, 0.15) is 25.1 Å². The summed E-state index contributed by atoms with van der Waals surface area (Å²) in [5, 5.41) is 6.14. The zero-order valence-corrected chi connectivity index (χ0v) is 15.3. The van der Waals surface area contributed by atoms with Crippen molar-refractivity contribution < 1.29 is 0 Å². The maximum Gasteiger partial charge on any atom is 0.0834 e. The lowest BCUT2D eigenvalue weighted by molar-refractivity contribution is 0.365. The molecule has 0 radical (unpaired) electrons. The maximum atomic E-state index is 6.60. The Morgan fingerprint density at radius 1 is 1.48 bits per heavy atom. The van der Waals surface area contributed by atoms with Gasteiger partial charge >= 0.3 is 0 Å². The van der Waals surface area contributed by atoms with Crippen LogP contribution in [-0.4, -0.2) is 57.3 Å². The standard InChI is InChI=1S/C14H25ClN4S2/c1-4-11-14(21-8-7-20-11)12(16)13-10(15)9-17-19(13)6-5-18(2)3/h9,11-12,14H,4-8,16H2,1-3H3. The molecule has 2 rings (SSSR count). The van der Waals surface area contributed by atoms with E-state index in [0.29, 0.717) is 15.5 Å². The molecule has 0 aliphatic carbocycles. The Kier molecular flexibility index (Phi) is 6.75. The third-order valence-electron chi connectivity index (χ3n) is 3.76. The van der Waals surface area contributed by atoms with Crippen LogP contribution in [0.4, 0.5) is 0 Å². The molecule has 3 unspecified atom stereocenters. The Morgan fingerprint density at radius 3 is 2.86 bits per heavy atom. The van der Waals surface area contributed by atoms with Gasteiger partial charge in [0.2, 0.25) is 0 Å². The second-order valence-electron chi connectivity index (χ2n) is 5.58.